The van der Waals surface area contributed by atoms with Crippen LogP contribution in [0.5, 0.6) is 0 Å². The van der Waals surface area contributed by atoms with Crippen LogP contribution in [0.4, 0.5) is 10.1 Å². The Kier molecular flexibility index (Phi) is 4.83. The Morgan fingerprint density at radius 2 is 1.96 bits per heavy atom. The van der Waals surface area contributed by atoms with Crippen molar-refractivity contribution in [2.45, 2.75) is 19.4 Å². The van der Waals surface area contributed by atoms with Gasteiger partial charge in [0.2, 0.25) is 5.91 Å². The van der Waals surface area contributed by atoms with Crippen LogP contribution in [0.2, 0.25) is 0 Å². The molecule has 0 saturated carbocycles. The van der Waals surface area contributed by atoms with E-state index in [0.717, 1.165) is 6.07 Å². The van der Waals surface area contributed by atoms with E-state index < -0.39 is 17.5 Å². The van der Waals surface area contributed by atoms with Crippen LogP contribution in [0.1, 0.15) is 23.2 Å². The molecule has 0 fully saturated rings. The third kappa shape index (κ3) is 3.64. The number of aromatic nitrogens is 1. The van der Waals surface area contributed by atoms with Crippen LogP contribution in [0, 0.1) is 5.82 Å². The Balaban J connectivity index is 1.61. The normalized spacial score (nSPS) is 10.8. The van der Waals surface area contributed by atoms with E-state index >= 15 is 0 Å². The molecular weight excluding hydrogens is 341 g/mol. The first-order chi connectivity index (χ1) is 12.5. The van der Waals surface area contributed by atoms with Gasteiger partial charge in [0.15, 0.2) is 5.58 Å². The summed E-state index contributed by atoms with van der Waals surface area (Å²) in [5.41, 5.74) is 6.22. The fourth-order valence-corrected chi connectivity index (χ4v) is 2.64. The topological polar surface area (TPSA) is 107 Å². The third-order valence-corrected chi connectivity index (χ3v) is 3.87. The molecule has 26 heavy (non-hydrogen) atoms. The van der Waals surface area contributed by atoms with Crippen molar-refractivity contribution in [1.29, 1.82) is 0 Å². The summed E-state index contributed by atoms with van der Waals surface area (Å²) in [5, 5.41) is 2.57. The van der Waals surface area contributed by atoms with Gasteiger partial charge in [0.05, 0.1) is 11.1 Å². The molecule has 0 saturated heterocycles. The summed E-state index contributed by atoms with van der Waals surface area (Å²) >= 11 is 0. The van der Waals surface area contributed by atoms with Crippen LogP contribution in [0.25, 0.3) is 11.1 Å². The lowest BCUT2D eigenvalue weighted by Gasteiger charge is -2.07. The number of fused-ring (bicyclic) bond motifs is 1. The van der Waals surface area contributed by atoms with Crippen LogP contribution in [0.3, 0.4) is 0 Å². The van der Waals surface area contributed by atoms with Crippen molar-refractivity contribution in [1.82, 2.24) is 4.57 Å². The van der Waals surface area contributed by atoms with Crippen molar-refractivity contribution in [2.24, 2.45) is 5.73 Å². The molecule has 0 aliphatic rings. The van der Waals surface area contributed by atoms with Gasteiger partial charge in [0, 0.05) is 18.7 Å². The van der Waals surface area contributed by atoms with E-state index in [9.17, 15) is 18.8 Å². The number of anilines is 1. The van der Waals surface area contributed by atoms with E-state index in [1.54, 1.807) is 24.3 Å². The molecule has 8 heteroatoms. The number of oxazole rings is 1. The molecule has 134 valence electrons. The Morgan fingerprint density at radius 1 is 1.19 bits per heavy atom. The van der Waals surface area contributed by atoms with Crippen LogP contribution in [-0.2, 0) is 11.3 Å². The van der Waals surface area contributed by atoms with Crippen molar-refractivity contribution in [3.8, 4) is 0 Å². The molecule has 3 N–H and O–H groups in total. The summed E-state index contributed by atoms with van der Waals surface area (Å²) in [7, 11) is 0. The number of amides is 2. The van der Waals surface area contributed by atoms with Crippen LogP contribution >= 0.6 is 0 Å². The minimum absolute atomic E-state index is 0.134. The zero-order valence-corrected chi connectivity index (χ0v) is 13.7. The van der Waals surface area contributed by atoms with Crippen molar-refractivity contribution in [2.75, 3.05) is 5.32 Å². The van der Waals surface area contributed by atoms with Crippen LogP contribution < -0.4 is 16.8 Å². The van der Waals surface area contributed by atoms with E-state index in [0.29, 0.717) is 24.1 Å². The van der Waals surface area contributed by atoms with E-state index in [-0.39, 0.29) is 23.6 Å². The summed E-state index contributed by atoms with van der Waals surface area (Å²) in [4.78, 5) is 35.0. The van der Waals surface area contributed by atoms with E-state index in [1.165, 1.54) is 16.7 Å². The summed E-state index contributed by atoms with van der Waals surface area (Å²) in [6.07, 6.45) is 0.536. The number of halogens is 1. The number of nitrogens with one attached hydrogen (secondary N) is 1. The average molecular weight is 357 g/mol. The number of carbonyl (C=O) groups is 2. The van der Waals surface area contributed by atoms with Gasteiger partial charge in [-0.2, -0.15) is 0 Å². The lowest BCUT2D eigenvalue weighted by atomic mass is 10.1. The Morgan fingerprint density at radius 3 is 2.73 bits per heavy atom. The maximum absolute atomic E-state index is 13.4. The second-order valence-corrected chi connectivity index (χ2v) is 5.70. The van der Waals surface area contributed by atoms with Gasteiger partial charge in [-0.25, -0.2) is 9.18 Å². The lowest BCUT2D eigenvalue weighted by molar-refractivity contribution is -0.116. The van der Waals surface area contributed by atoms with Gasteiger partial charge in [0.1, 0.15) is 5.82 Å². The molecule has 3 aromatic rings. The highest BCUT2D eigenvalue weighted by atomic mass is 19.1. The molecule has 0 unspecified atom stereocenters. The van der Waals surface area contributed by atoms with Crippen LogP contribution in [0.15, 0.2) is 51.7 Å². The van der Waals surface area contributed by atoms with Gasteiger partial charge in [-0.05, 0) is 36.8 Å². The highest BCUT2D eigenvalue weighted by molar-refractivity contribution is 5.96. The molecule has 0 bridgehead atoms. The fourth-order valence-electron chi connectivity index (χ4n) is 2.64. The fraction of sp³-hybridized carbons (Fsp3) is 0.167. The first kappa shape index (κ1) is 17.4. The predicted molar refractivity (Wildman–Crippen MR) is 93.3 cm³/mol. The number of rotatable bonds is 6. The predicted octanol–water partition coefficient (Wildman–Crippen LogP) is 2.25. The molecule has 0 radical (unpaired) electrons. The van der Waals surface area contributed by atoms with E-state index in [2.05, 4.69) is 5.32 Å². The molecule has 2 aromatic carbocycles. The maximum atomic E-state index is 13.4. The summed E-state index contributed by atoms with van der Waals surface area (Å²) in [6, 6.07) is 10.6. The highest BCUT2D eigenvalue weighted by Crippen LogP contribution is 2.15. The van der Waals surface area contributed by atoms with Crippen molar-refractivity contribution in [3.63, 3.8) is 0 Å². The molecule has 0 atom stereocenters. The third-order valence-electron chi connectivity index (χ3n) is 3.87. The number of aryl methyl sites for hydroxylation is 1. The second-order valence-electron chi connectivity index (χ2n) is 5.70. The minimum atomic E-state index is -0.912. The molecule has 7 nitrogen and oxygen atoms in total. The molecule has 1 heterocycles. The van der Waals surface area contributed by atoms with E-state index in [1.807, 2.05) is 0 Å². The smallest absolute Gasteiger partial charge is 0.408 e. The Labute approximate surface area is 147 Å². The average Bonchev–Trinajstić information content (AvgIpc) is 2.92. The van der Waals surface area contributed by atoms with Crippen LogP contribution in [-0.4, -0.2) is 16.4 Å². The quantitative estimate of drug-likeness (QED) is 0.705. The monoisotopic (exact) mass is 357 g/mol. The zero-order valence-electron chi connectivity index (χ0n) is 13.7. The number of carbonyl (C=O) groups excluding carboxylic acids is 2. The molecule has 0 spiro atoms. The SMILES string of the molecule is NC(=O)c1cc(NC(=O)CCCn2c(=O)oc3ccccc32)ccc1F. The molecular formula is C18H16FN3O4. The number of nitrogens with zero attached hydrogens (tertiary/aromatic N) is 1. The number of nitrogens with two attached hydrogens (primary N) is 1. The highest BCUT2D eigenvalue weighted by Gasteiger charge is 2.12. The zero-order chi connectivity index (χ0) is 18.7. The lowest BCUT2D eigenvalue weighted by Crippen LogP contribution is -2.18. The van der Waals surface area contributed by atoms with Crippen molar-refractivity contribution in [3.05, 3.63) is 64.4 Å². The first-order valence-electron chi connectivity index (χ1n) is 7.93. The summed E-state index contributed by atoms with van der Waals surface area (Å²) in [6.45, 7) is 0.319. The summed E-state index contributed by atoms with van der Waals surface area (Å²) < 4.78 is 20.0. The minimum Gasteiger partial charge on any atom is -0.408 e. The number of hydrogen-bond donors (Lipinski definition) is 2. The van der Waals surface area contributed by atoms with Gasteiger partial charge in [-0.3, -0.25) is 14.2 Å². The van der Waals surface area contributed by atoms with Crippen molar-refractivity contribution < 1.29 is 18.4 Å². The van der Waals surface area contributed by atoms with E-state index in [4.69, 9.17) is 10.2 Å². The van der Waals surface area contributed by atoms with Gasteiger partial charge < -0.3 is 15.5 Å². The molecule has 3 rings (SSSR count). The van der Waals surface area contributed by atoms with Gasteiger partial charge in [-0.15, -0.1) is 0 Å². The largest absolute Gasteiger partial charge is 0.419 e. The number of primary amides is 1. The van der Waals surface area contributed by atoms with Gasteiger partial charge in [-0.1, -0.05) is 12.1 Å². The van der Waals surface area contributed by atoms with Crippen molar-refractivity contribution >= 4 is 28.6 Å². The first-order valence-corrected chi connectivity index (χ1v) is 7.93. The molecule has 1 aromatic heterocycles. The maximum Gasteiger partial charge on any atom is 0.419 e. The number of para-hydroxylation sites is 2. The number of hydrogen-bond acceptors (Lipinski definition) is 4. The van der Waals surface area contributed by atoms with Gasteiger partial charge in [0.25, 0.3) is 5.91 Å². The van der Waals surface area contributed by atoms with Gasteiger partial charge >= 0.3 is 5.76 Å². The molecule has 2 amide bonds. The molecule has 0 aliphatic carbocycles. The second kappa shape index (κ2) is 7.22. The number of benzene rings is 2. The standard InChI is InChI=1S/C18H16FN3O4/c19-13-8-7-11(10-12(13)17(20)24)21-16(23)6-3-9-22-14-4-1-2-5-15(14)26-18(22)25/h1-2,4-5,7-8,10H,3,6,9H2,(H2,20,24)(H,21,23). The Bertz CT molecular complexity index is 1040. The molecule has 0 aliphatic heterocycles. The Hall–Kier alpha value is -3.42. The summed E-state index contributed by atoms with van der Waals surface area (Å²) in [5.74, 6) is -2.46.